The van der Waals surface area contributed by atoms with E-state index in [1.807, 2.05) is 42.2 Å². The van der Waals surface area contributed by atoms with Gasteiger partial charge in [-0.2, -0.15) is 0 Å². The number of urea groups is 1. The van der Waals surface area contributed by atoms with Crippen molar-refractivity contribution < 1.29 is 19.1 Å². The first-order valence-electron chi connectivity index (χ1n) is 12.4. The third kappa shape index (κ3) is 4.04. The van der Waals surface area contributed by atoms with Crippen molar-refractivity contribution in [2.75, 3.05) is 26.2 Å². The standard InChI is InChI=1S/C26H32N4O4/c1-2-11-26(24(32)30(25(33)28-26)17-21-6-4-15-34-21)20-9-13-29(14-10-20)23(31)19-7-8-22-18(16-19)5-3-12-27-22/h3,5,7-8,12,16,20-21H,2,4,6,9-11,13-15,17H2,1H3,(H,28,33)/t21-,26+/m1/s1. The fourth-order valence-corrected chi connectivity index (χ4v) is 5.81. The third-order valence-electron chi connectivity index (χ3n) is 7.59. The topological polar surface area (TPSA) is 91.8 Å². The number of nitrogens with zero attached hydrogens (tertiary/aromatic N) is 3. The van der Waals surface area contributed by atoms with Gasteiger partial charge >= 0.3 is 6.03 Å². The molecular formula is C26H32N4O4. The number of benzene rings is 1. The molecule has 3 fully saturated rings. The molecule has 1 aromatic heterocycles. The lowest BCUT2D eigenvalue weighted by molar-refractivity contribution is -0.135. The second-order valence-corrected chi connectivity index (χ2v) is 9.68. The van der Waals surface area contributed by atoms with Crippen LogP contribution in [0, 0.1) is 5.92 Å². The van der Waals surface area contributed by atoms with Gasteiger partial charge < -0.3 is 15.0 Å². The number of imide groups is 1. The second-order valence-electron chi connectivity index (χ2n) is 9.68. The van der Waals surface area contributed by atoms with Gasteiger partial charge in [-0.3, -0.25) is 19.5 Å². The Morgan fingerprint density at radius 3 is 2.76 bits per heavy atom. The van der Waals surface area contributed by atoms with E-state index < -0.39 is 5.54 Å². The third-order valence-corrected chi connectivity index (χ3v) is 7.59. The smallest absolute Gasteiger partial charge is 0.325 e. The first kappa shape index (κ1) is 22.8. The zero-order valence-corrected chi connectivity index (χ0v) is 19.7. The molecule has 3 saturated heterocycles. The van der Waals surface area contributed by atoms with Gasteiger partial charge in [0.25, 0.3) is 11.8 Å². The Bertz CT molecular complexity index is 1090. The van der Waals surface area contributed by atoms with E-state index in [0.717, 1.165) is 30.2 Å². The lowest BCUT2D eigenvalue weighted by Gasteiger charge is -2.41. The highest BCUT2D eigenvalue weighted by atomic mass is 16.5. The van der Waals surface area contributed by atoms with Gasteiger partial charge in [-0.25, -0.2) is 4.79 Å². The minimum absolute atomic E-state index is 0.00301. The molecule has 34 heavy (non-hydrogen) atoms. The first-order valence-corrected chi connectivity index (χ1v) is 12.4. The molecule has 3 aliphatic heterocycles. The number of aromatic nitrogens is 1. The number of carbonyl (C=O) groups excluding carboxylic acids is 3. The predicted octanol–water partition coefficient (Wildman–Crippen LogP) is 3.36. The fourth-order valence-electron chi connectivity index (χ4n) is 5.81. The number of hydrogen-bond donors (Lipinski definition) is 1. The zero-order chi connectivity index (χ0) is 23.7. The van der Waals surface area contributed by atoms with E-state index in [0.29, 0.717) is 51.1 Å². The molecule has 8 nitrogen and oxygen atoms in total. The molecule has 0 saturated carbocycles. The molecule has 0 radical (unpaired) electrons. The lowest BCUT2D eigenvalue weighted by Crippen LogP contribution is -2.56. The predicted molar refractivity (Wildman–Crippen MR) is 127 cm³/mol. The van der Waals surface area contributed by atoms with Crippen LogP contribution in [-0.4, -0.2) is 70.5 Å². The second kappa shape index (κ2) is 9.33. The van der Waals surface area contributed by atoms with Crippen LogP contribution in [0.5, 0.6) is 0 Å². The van der Waals surface area contributed by atoms with Crippen molar-refractivity contribution in [2.45, 2.75) is 57.1 Å². The molecule has 4 heterocycles. The number of likely N-dealkylation sites (tertiary alicyclic amines) is 1. The van der Waals surface area contributed by atoms with Crippen molar-refractivity contribution in [2.24, 2.45) is 5.92 Å². The monoisotopic (exact) mass is 464 g/mol. The maximum atomic E-state index is 13.6. The van der Waals surface area contributed by atoms with Crippen LogP contribution < -0.4 is 5.32 Å². The number of carbonyl (C=O) groups is 3. The SMILES string of the molecule is CCC[C@@]1(C2CCN(C(=O)c3ccc4ncccc4c3)CC2)NC(=O)N(C[C@H]2CCCO2)C1=O. The number of nitrogens with one attached hydrogen (secondary N) is 1. The molecule has 0 unspecified atom stereocenters. The van der Waals surface area contributed by atoms with Gasteiger partial charge in [-0.15, -0.1) is 0 Å². The normalized spacial score (nSPS) is 25.9. The molecule has 0 aliphatic carbocycles. The maximum Gasteiger partial charge on any atom is 0.325 e. The number of fused-ring (bicyclic) bond motifs is 1. The van der Waals surface area contributed by atoms with Crippen LogP contribution in [0.15, 0.2) is 36.5 Å². The Morgan fingerprint density at radius 1 is 1.21 bits per heavy atom. The van der Waals surface area contributed by atoms with Crippen molar-refractivity contribution in [3.8, 4) is 0 Å². The average molecular weight is 465 g/mol. The van der Waals surface area contributed by atoms with Crippen LogP contribution >= 0.6 is 0 Å². The summed E-state index contributed by atoms with van der Waals surface area (Å²) in [6.07, 6.45) is 6.29. The summed E-state index contributed by atoms with van der Waals surface area (Å²) >= 11 is 0. The number of ether oxygens (including phenoxy) is 1. The highest BCUT2D eigenvalue weighted by Gasteiger charge is 2.55. The Hall–Kier alpha value is -3.00. The van der Waals surface area contributed by atoms with Crippen molar-refractivity contribution in [1.29, 1.82) is 0 Å². The van der Waals surface area contributed by atoms with Gasteiger partial charge in [0.2, 0.25) is 0 Å². The Balaban J connectivity index is 1.28. The van der Waals surface area contributed by atoms with Gasteiger partial charge in [0.15, 0.2) is 0 Å². The fraction of sp³-hybridized carbons (Fsp3) is 0.538. The summed E-state index contributed by atoms with van der Waals surface area (Å²) in [5, 5.41) is 4.02. The van der Waals surface area contributed by atoms with E-state index in [2.05, 4.69) is 10.3 Å². The van der Waals surface area contributed by atoms with Crippen molar-refractivity contribution >= 4 is 28.7 Å². The number of rotatable bonds is 6. The van der Waals surface area contributed by atoms with Gasteiger partial charge in [0, 0.05) is 36.8 Å². The Morgan fingerprint density at radius 2 is 2.03 bits per heavy atom. The summed E-state index contributed by atoms with van der Waals surface area (Å²) in [6, 6.07) is 9.10. The number of piperidine rings is 1. The Labute approximate surface area is 199 Å². The molecule has 2 aromatic rings. The summed E-state index contributed by atoms with van der Waals surface area (Å²) in [4.78, 5) is 47.2. The van der Waals surface area contributed by atoms with Crippen LogP contribution in [0.1, 0.15) is 55.8 Å². The summed E-state index contributed by atoms with van der Waals surface area (Å²) in [5.74, 6) is -0.125. The van der Waals surface area contributed by atoms with Gasteiger partial charge in [0.05, 0.1) is 18.2 Å². The van der Waals surface area contributed by atoms with Crippen LogP contribution in [0.3, 0.4) is 0 Å². The van der Waals surface area contributed by atoms with Gasteiger partial charge in [-0.05, 0) is 62.3 Å². The maximum absolute atomic E-state index is 13.6. The highest BCUT2D eigenvalue weighted by molar-refractivity contribution is 6.07. The molecule has 1 aromatic carbocycles. The molecule has 4 amide bonds. The summed E-state index contributed by atoms with van der Waals surface area (Å²) in [6.45, 7) is 4.18. The molecule has 5 rings (SSSR count). The van der Waals surface area contributed by atoms with Crippen molar-refractivity contribution in [3.05, 3.63) is 42.1 Å². The molecule has 1 N–H and O–H groups in total. The van der Waals surface area contributed by atoms with Crippen LogP contribution in [-0.2, 0) is 9.53 Å². The molecule has 0 spiro atoms. The number of hydrogen-bond acceptors (Lipinski definition) is 5. The molecule has 3 aliphatic rings. The molecular weight excluding hydrogens is 432 g/mol. The van der Waals surface area contributed by atoms with Crippen LogP contribution in [0.25, 0.3) is 10.9 Å². The van der Waals surface area contributed by atoms with E-state index >= 15 is 0 Å². The zero-order valence-electron chi connectivity index (χ0n) is 19.7. The lowest BCUT2D eigenvalue weighted by atomic mass is 9.74. The van der Waals surface area contributed by atoms with E-state index in [1.54, 1.807) is 6.20 Å². The summed E-state index contributed by atoms with van der Waals surface area (Å²) in [5.41, 5.74) is 0.631. The van der Waals surface area contributed by atoms with Gasteiger partial charge in [0.1, 0.15) is 5.54 Å². The molecule has 8 heteroatoms. The first-order chi connectivity index (χ1) is 16.5. The summed E-state index contributed by atoms with van der Waals surface area (Å²) < 4.78 is 5.67. The largest absolute Gasteiger partial charge is 0.376 e. The molecule has 180 valence electrons. The molecule has 0 bridgehead atoms. The molecule has 2 atom stereocenters. The number of amides is 4. The minimum Gasteiger partial charge on any atom is -0.376 e. The Kier molecular flexibility index (Phi) is 6.25. The van der Waals surface area contributed by atoms with Gasteiger partial charge in [-0.1, -0.05) is 19.4 Å². The number of pyridine rings is 1. The van der Waals surface area contributed by atoms with Crippen LogP contribution in [0.2, 0.25) is 0 Å². The quantitative estimate of drug-likeness (QED) is 0.662. The average Bonchev–Trinajstić information content (AvgIpc) is 3.46. The summed E-state index contributed by atoms with van der Waals surface area (Å²) in [7, 11) is 0. The van der Waals surface area contributed by atoms with Crippen molar-refractivity contribution in [1.82, 2.24) is 20.1 Å². The minimum atomic E-state index is -0.881. The highest BCUT2D eigenvalue weighted by Crippen LogP contribution is 2.38. The van der Waals surface area contributed by atoms with E-state index in [4.69, 9.17) is 4.74 Å². The van der Waals surface area contributed by atoms with Crippen LogP contribution in [0.4, 0.5) is 4.79 Å². The van der Waals surface area contributed by atoms with E-state index in [1.165, 1.54) is 4.90 Å². The van der Waals surface area contributed by atoms with E-state index in [9.17, 15) is 14.4 Å². The van der Waals surface area contributed by atoms with Crippen molar-refractivity contribution in [3.63, 3.8) is 0 Å². The van der Waals surface area contributed by atoms with E-state index in [-0.39, 0.29) is 29.9 Å².